The monoisotopic (exact) mass is 191 g/mol. The Morgan fingerprint density at radius 3 is 2.25 bits per heavy atom. The Kier molecular flexibility index (Phi) is 2.78. The Hall–Kier alpha value is -0.0900. The van der Waals surface area contributed by atoms with Crippen LogP contribution in [0.1, 0.15) is 33.1 Å². The molecule has 2 atom stereocenters. The van der Waals surface area contributed by atoms with Crippen LogP contribution in [0.4, 0.5) is 0 Å². The molecule has 0 radical (unpaired) electrons. The predicted molar refractivity (Wildman–Crippen MR) is 49.7 cm³/mol. The Labute approximate surface area is 74.3 Å². The molecule has 0 aromatic rings. The maximum absolute atomic E-state index is 11.7. The van der Waals surface area contributed by atoms with Crippen LogP contribution < -0.4 is 5.73 Å². The molecule has 3 nitrogen and oxygen atoms in total. The molecule has 1 aliphatic carbocycles. The molecule has 0 spiro atoms. The van der Waals surface area contributed by atoms with Crippen molar-refractivity contribution in [1.29, 1.82) is 0 Å². The molecule has 0 heterocycles. The molecule has 4 heteroatoms. The van der Waals surface area contributed by atoms with Crippen LogP contribution in [0.25, 0.3) is 0 Å². The topological polar surface area (TPSA) is 60.2 Å². The van der Waals surface area contributed by atoms with Gasteiger partial charge in [-0.3, -0.25) is 0 Å². The van der Waals surface area contributed by atoms with E-state index in [9.17, 15) is 8.42 Å². The van der Waals surface area contributed by atoms with E-state index < -0.39 is 9.84 Å². The van der Waals surface area contributed by atoms with Gasteiger partial charge in [-0.2, -0.15) is 0 Å². The maximum Gasteiger partial charge on any atom is 0.156 e. The Morgan fingerprint density at radius 2 is 1.92 bits per heavy atom. The molecule has 0 amide bonds. The lowest BCUT2D eigenvalue weighted by molar-refractivity contribution is 0.559. The van der Waals surface area contributed by atoms with E-state index >= 15 is 0 Å². The van der Waals surface area contributed by atoms with E-state index in [-0.39, 0.29) is 16.5 Å². The fourth-order valence-corrected chi connectivity index (χ4v) is 3.53. The highest BCUT2D eigenvalue weighted by molar-refractivity contribution is 7.92. The second-order valence-corrected chi connectivity index (χ2v) is 6.50. The van der Waals surface area contributed by atoms with Crippen molar-refractivity contribution in [2.24, 2.45) is 5.73 Å². The minimum atomic E-state index is -2.95. The van der Waals surface area contributed by atoms with Gasteiger partial charge in [-0.15, -0.1) is 0 Å². The maximum atomic E-state index is 11.7. The average molecular weight is 191 g/mol. The molecule has 1 fully saturated rings. The molecule has 72 valence electrons. The summed E-state index contributed by atoms with van der Waals surface area (Å²) in [7, 11) is -2.95. The summed E-state index contributed by atoms with van der Waals surface area (Å²) in [6, 6.07) is -0.127. The third-order valence-corrected chi connectivity index (χ3v) is 5.33. The zero-order chi connectivity index (χ0) is 9.35. The van der Waals surface area contributed by atoms with Gasteiger partial charge in [0.05, 0.1) is 10.5 Å². The van der Waals surface area contributed by atoms with E-state index in [1.807, 2.05) is 0 Å². The average Bonchev–Trinajstić information content (AvgIpc) is 2.35. The van der Waals surface area contributed by atoms with Gasteiger partial charge in [-0.05, 0) is 26.7 Å². The number of sulfone groups is 1. The number of hydrogen-bond donors (Lipinski definition) is 1. The highest BCUT2D eigenvalue weighted by Crippen LogP contribution is 2.26. The molecule has 12 heavy (non-hydrogen) atoms. The molecule has 1 rings (SSSR count). The summed E-state index contributed by atoms with van der Waals surface area (Å²) in [5.41, 5.74) is 5.72. The zero-order valence-electron chi connectivity index (χ0n) is 7.66. The van der Waals surface area contributed by atoms with Crippen LogP contribution in [-0.2, 0) is 9.84 Å². The van der Waals surface area contributed by atoms with Crippen LogP contribution >= 0.6 is 0 Å². The van der Waals surface area contributed by atoms with E-state index in [4.69, 9.17) is 5.73 Å². The lowest BCUT2D eigenvalue weighted by Crippen LogP contribution is -2.39. The Balaban J connectivity index is 2.82. The van der Waals surface area contributed by atoms with Crippen LogP contribution in [0.5, 0.6) is 0 Å². The molecular formula is C8H17NO2S. The zero-order valence-corrected chi connectivity index (χ0v) is 8.47. The highest BCUT2D eigenvalue weighted by atomic mass is 32.2. The predicted octanol–water partition coefficient (Wildman–Crippen LogP) is 0.689. The van der Waals surface area contributed by atoms with E-state index in [0.29, 0.717) is 0 Å². The largest absolute Gasteiger partial charge is 0.327 e. The smallest absolute Gasteiger partial charge is 0.156 e. The first-order chi connectivity index (χ1) is 5.46. The first kappa shape index (κ1) is 9.99. The summed E-state index contributed by atoms with van der Waals surface area (Å²) in [6.07, 6.45) is 2.57. The molecule has 0 aromatic carbocycles. The van der Waals surface area contributed by atoms with Crippen molar-refractivity contribution in [2.45, 2.75) is 49.7 Å². The first-order valence-electron chi connectivity index (χ1n) is 4.44. The molecule has 0 aromatic heterocycles. The fourth-order valence-electron chi connectivity index (χ4n) is 1.71. The second-order valence-electron chi connectivity index (χ2n) is 3.77. The van der Waals surface area contributed by atoms with Gasteiger partial charge < -0.3 is 5.73 Å². The van der Waals surface area contributed by atoms with Gasteiger partial charge in [0.25, 0.3) is 0 Å². The molecule has 1 saturated carbocycles. The van der Waals surface area contributed by atoms with Crippen molar-refractivity contribution in [3.63, 3.8) is 0 Å². The van der Waals surface area contributed by atoms with Crippen LogP contribution in [0.3, 0.4) is 0 Å². The van der Waals surface area contributed by atoms with Gasteiger partial charge in [0.15, 0.2) is 9.84 Å². The van der Waals surface area contributed by atoms with Crippen molar-refractivity contribution >= 4 is 9.84 Å². The van der Waals surface area contributed by atoms with Gasteiger partial charge in [0.2, 0.25) is 0 Å². The summed E-state index contributed by atoms with van der Waals surface area (Å²) < 4.78 is 23.3. The van der Waals surface area contributed by atoms with Crippen LogP contribution in [-0.4, -0.2) is 25.0 Å². The summed E-state index contributed by atoms with van der Waals surface area (Å²) >= 11 is 0. The summed E-state index contributed by atoms with van der Waals surface area (Å²) in [5, 5.41) is -0.566. The van der Waals surface area contributed by atoms with Crippen molar-refractivity contribution < 1.29 is 8.42 Å². The molecule has 2 unspecified atom stereocenters. The van der Waals surface area contributed by atoms with Crippen LogP contribution in [0.15, 0.2) is 0 Å². The number of nitrogens with two attached hydrogens (primary N) is 1. The fraction of sp³-hybridized carbons (Fsp3) is 1.00. The van der Waals surface area contributed by atoms with Crippen molar-refractivity contribution in [3.8, 4) is 0 Å². The minimum Gasteiger partial charge on any atom is -0.327 e. The van der Waals surface area contributed by atoms with E-state index in [1.54, 1.807) is 13.8 Å². The normalized spacial score (nSPS) is 31.3. The van der Waals surface area contributed by atoms with Crippen LogP contribution in [0.2, 0.25) is 0 Å². The quantitative estimate of drug-likeness (QED) is 0.698. The number of rotatable bonds is 2. The minimum absolute atomic E-state index is 0.127. The van der Waals surface area contributed by atoms with Gasteiger partial charge in [-0.1, -0.05) is 6.42 Å². The lowest BCUT2D eigenvalue weighted by atomic mass is 10.3. The molecule has 1 aliphatic rings. The van der Waals surface area contributed by atoms with E-state index in [2.05, 4.69) is 0 Å². The summed E-state index contributed by atoms with van der Waals surface area (Å²) in [4.78, 5) is 0. The van der Waals surface area contributed by atoms with Crippen LogP contribution in [0, 0.1) is 0 Å². The van der Waals surface area contributed by atoms with Crippen molar-refractivity contribution in [1.82, 2.24) is 0 Å². The molecule has 0 aliphatic heterocycles. The third kappa shape index (κ3) is 1.64. The van der Waals surface area contributed by atoms with Gasteiger partial charge >= 0.3 is 0 Å². The van der Waals surface area contributed by atoms with E-state index in [1.165, 1.54) is 0 Å². The van der Waals surface area contributed by atoms with Gasteiger partial charge in [-0.25, -0.2) is 8.42 Å². The molecule has 0 saturated heterocycles. The SMILES string of the molecule is CC(C)S(=O)(=O)C1CCCC1N. The molecular weight excluding hydrogens is 174 g/mol. The first-order valence-corrected chi connectivity index (χ1v) is 6.05. The molecule has 0 bridgehead atoms. The number of hydrogen-bond acceptors (Lipinski definition) is 3. The Bertz CT molecular complexity index is 246. The van der Waals surface area contributed by atoms with Crippen molar-refractivity contribution in [2.75, 3.05) is 0 Å². The highest BCUT2D eigenvalue weighted by Gasteiger charge is 2.36. The van der Waals surface area contributed by atoms with Crippen molar-refractivity contribution in [3.05, 3.63) is 0 Å². The Morgan fingerprint density at radius 1 is 1.33 bits per heavy atom. The molecule has 2 N–H and O–H groups in total. The standard InChI is InChI=1S/C8H17NO2S/c1-6(2)12(10,11)8-5-3-4-7(8)9/h6-8H,3-5,9H2,1-2H3. The second kappa shape index (κ2) is 3.34. The summed E-state index contributed by atoms with van der Waals surface area (Å²) in [5.74, 6) is 0. The van der Waals surface area contributed by atoms with Gasteiger partial charge in [0.1, 0.15) is 0 Å². The lowest BCUT2D eigenvalue weighted by Gasteiger charge is -2.18. The summed E-state index contributed by atoms with van der Waals surface area (Å²) in [6.45, 7) is 3.45. The van der Waals surface area contributed by atoms with Gasteiger partial charge in [0, 0.05) is 6.04 Å². The third-order valence-electron chi connectivity index (χ3n) is 2.58. The van der Waals surface area contributed by atoms with E-state index in [0.717, 1.165) is 19.3 Å².